The number of rotatable bonds is 4. The third-order valence-electron chi connectivity index (χ3n) is 3.94. The molecule has 1 aromatic rings. The normalized spacial score (nSPS) is 23.7. The van der Waals surface area contributed by atoms with Crippen LogP contribution in [0.3, 0.4) is 0 Å². The summed E-state index contributed by atoms with van der Waals surface area (Å²) in [6.07, 6.45) is 3.63. The molecular formula is C15H23FN2. The van der Waals surface area contributed by atoms with E-state index < -0.39 is 0 Å². The van der Waals surface area contributed by atoms with Gasteiger partial charge in [0.15, 0.2) is 0 Å². The van der Waals surface area contributed by atoms with Gasteiger partial charge in [0.05, 0.1) is 0 Å². The maximum atomic E-state index is 13.4. The Morgan fingerprint density at radius 2 is 2.17 bits per heavy atom. The van der Waals surface area contributed by atoms with Crippen molar-refractivity contribution in [2.45, 2.75) is 51.7 Å². The first kappa shape index (κ1) is 13.3. The molecular weight excluding hydrogens is 227 g/mol. The van der Waals surface area contributed by atoms with Gasteiger partial charge < -0.3 is 10.2 Å². The Bertz CT molecular complexity index is 405. The molecule has 0 spiro atoms. The summed E-state index contributed by atoms with van der Waals surface area (Å²) in [6, 6.07) is 6.32. The Labute approximate surface area is 109 Å². The zero-order valence-electron chi connectivity index (χ0n) is 11.5. The van der Waals surface area contributed by atoms with Crippen molar-refractivity contribution in [3.05, 3.63) is 29.6 Å². The second kappa shape index (κ2) is 5.70. The van der Waals surface area contributed by atoms with E-state index >= 15 is 0 Å². The average molecular weight is 250 g/mol. The van der Waals surface area contributed by atoms with Crippen molar-refractivity contribution in [2.75, 3.05) is 11.9 Å². The molecule has 2 atom stereocenters. The lowest BCUT2D eigenvalue weighted by molar-refractivity contribution is 0.610. The number of nitrogens with zero attached hydrogens (tertiary/aromatic N) is 1. The molecule has 2 nitrogen and oxygen atoms in total. The minimum atomic E-state index is -0.149. The fourth-order valence-electron chi connectivity index (χ4n) is 3.04. The first-order valence-electron chi connectivity index (χ1n) is 6.88. The number of anilines is 1. The summed E-state index contributed by atoms with van der Waals surface area (Å²) in [5, 5.41) is 3.13. The smallest absolute Gasteiger partial charge is 0.123 e. The van der Waals surface area contributed by atoms with Gasteiger partial charge in [-0.2, -0.15) is 0 Å². The summed E-state index contributed by atoms with van der Waals surface area (Å²) in [5.74, 6) is -0.149. The fraction of sp³-hybridized carbons (Fsp3) is 0.600. The summed E-state index contributed by atoms with van der Waals surface area (Å²) in [4.78, 5) is 2.48. The van der Waals surface area contributed by atoms with Gasteiger partial charge in [-0.3, -0.25) is 0 Å². The summed E-state index contributed by atoms with van der Waals surface area (Å²) < 4.78 is 13.4. The number of halogens is 1. The molecule has 0 radical (unpaired) electrons. The predicted molar refractivity (Wildman–Crippen MR) is 74.4 cm³/mol. The van der Waals surface area contributed by atoms with Crippen molar-refractivity contribution < 1.29 is 4.39 Å². The van der Waals surface area contributed by atoms with Crippen molar-refractivity contribution in [2.24, 2.45) is 0 Å². The maximum absolute atomic E-state index is 13.4. The molecule has 100 valence electrons. The van der Waals surface area contributed by atoms with Gasteiger partial charge in [0, 0.05) is 24.3 Å². The number of nitrogens with one attached hydrogen (secondary N) is 1. The quantitative estimate of drug-likeness (QED) is 0.882. The minimum absolute atomic E-state index is 0.149. The Hall–Kier alpha value is -1.09. The van der Waals surface area contributed by atoms with Gasteiger partial charge in [-0.05, 0) is 57.0 Å². The highest BCUT2D eigenvalue weighted by Gasteiger charge is 2.30. The van der Waals surface area contributed by atoms with Gasteiger partial charge in [0.1, 0.15) is 5.82 Å². The predicted octanol–water partition coefficient (Wildman–Crippen LogP) is 3.31. The van der Waals surface area contributed by atoms with Crippen LogP contribution in [0.1, 0.15) is 38.7 Å². The fourth-order valence-corrected chi connectivity index (χ4v) is 3.04. The van der Waals surface area contributed by atoms with Crippen LogP contribution in [0.5, 0.6) is 0 Å². The number of benzene rings is 1. The van der Waals surface area contributed by atoms with Gasteiger partial charge >= 0.3 is 0 Å². The minimum Gasteiger partial charge on any atom is -0.366 e. The van der Waals surface area contributed by atoms with Crippen LogP contribution in [0.15, 0.2) is 18.2 Å². The van der Waals surface area contributed by atoms with Crippen LogP contribution in [0.2, 0.25) is 0 Å². The van der Waals surface area contributed by atoms with Crippen LogP contribution >= 0.6 is 0 Å². The van der Waals surface area contributed by atoms with E-state index in [2.05, 4.69) is 24.1 Å². The third-order valence-corrected chi connectivity index (χ3v) is 3.94. The highest BCUT2D eigenvalue weighted by atomic mass is 19.1. The van der Waals surface area contributed by atoms with Crippen molar-refractivity contribution in [3.63, 3.8) is 0 Å². The molecule has 0 amide bonds. The second-order valence-corrected chi connectivity index (χ2v) is 5.20. The van der Waals surface area contributed by atoms with E-state index in [1.807, 2.05) is 13.1 Å². The molecule has 3 heteroatoms. The molecule has 0 saturated carbocycles. The van der Waals surface area contributed by atoms with E-state index in [9.17, 15) is 4.39 Å². The van der Waals surface area contributed by atoms with Gasteiger partial charge in [-0.25, -0.2) is 4.39 Å². The highest BCUT2D eigenvalue weighted by molar-refractivity contribution is 5.56. The first-order valence-corrected chi connectivity index (χ1v) is 6.88. The molecule has 1 N–H and O–H groups in total. The van der Waals surface area contributed by atoms with Gasteiger partial charge in [-0.1, -0.05) is 6.92 Å². The highest BCUT2D eigenvalue weighted by Crippen LogP contribution is 2.34. The molecule has 1 aliphatic rings. The zero-order chi connectivity index (χ0) is 13.1. The largest absolute Gasteiger partial charge is 0.366 e. The number of hydrogen-bond donors (Lipinski definition) is 1. The maximum Gasteiger partial charge on any atom is 0.123 e. The Morgan fingerprint density at radius 3 is 2.83 bits per heavy atom. The topological polar surface area (TPSA) is 15.3 Å². The van der Waals surface area contributed by atoms with Crippen molar-refractivity contribution >= 4 is 5.69 Å². The molecule has 1 aliphatic heterocycles. The summed E-state index contributed by atoms with van der Waals surface area (Å²) in [5.41, 5.74) is 2.26. The van der Waals surface area contributed by atoms with Crippen molar-refractivity contribution in [1.82, 2.24) is 5.32 Å². The van der Waals surface area contributed by atoms with E-state index in [4.69, 9.17) is 0 Å². The van der Waals surface area contributed by atoms with Crippen LogP contribution in [-0.2, 0) is 6.54 Å². The lowest BCUT2D eigenvalue weighted by atomic mass is 10.1. The Morgan fingerprint density at radius 1 is 1.39 bits per heavy atom. The van der Waals surface area contributed by atoms with E-state index in [1.165, 1.54) is 18.5 Å². The molecule has 0 aromatic heterocycles. The van der Waals surface area contributed by atoms with E-state index in [0.717, 1.165) is 12.0 Å². The van der Waals surface area contributed by atoms with E-state index in [-0.39, 0.29) is 5.82 Å². The van der Waals surface area contributed by atoms with Crippen LogP contribution in [0.25, 0.3) is 0 Å². The van der Waals surface area contributed by atoms with Crippen LogP contribution in [0.4, 0.5) is 10.1 Å². The lowest BCUT2D eigenvalue weighted by Crippen LogP contribution is -2.35. The standard InChI is InChI=1S/C15H23FN2/c1-4-14-7-5-11(2)18(14)15-8-6-13(16)9-12(15)10-17-3/h6,8-9,11,14,17H,4-5,7,10H2,1-3H3. The average Bonchev–Trinajstić information content (AvgIpc) is 2.71. The van der Waals surface area contributed by atoms with E-state index in [1.54, 1.807) is 12.1 Å². The molecule has 1 heterocycles. The molecule has 2 unspecified atom stereocenters. The Balaban J connectivity index is 2.36. The van der Waals surface area contributed by atoms with Gasteiger partial charge in [0.25, 0.3) is 0 Å². The molecule has 2 rings (SSSR count). The first-order chi connectivity index (χ1) is 8.67. The third kappa shape index (κ3) is 2.51. The summed E-state index contributed by atoms with van der Waals surface area (Å²) >= 11 is 0. The van der Waals surface area contributed by atoms with Gasteiger partial charge in [0.2, 0.25) is 0 Å². The van der Waals surface area contributed by atoms with Crippen LogP contribution in [-0.4, -0.2) is 19.1 Å². The van der Waals surface area contributed by atoms with E-state index in [0.29, 0.717) is 18.6 Å². The zero-order valence-corrected chi connectivity index (χ0v) is 11.5. The van der Waals surface area contributed by atoms with Crippen molar-refractivity contribution in [1.29, 1.82) is 0 Å². The Kier molecular flexibility index (Phi) is 4.23. The molecule has 1 aromatic carbocycles. The second-order valence-electron chi connectivity index (χ2n) is 5.20. The lowest BCUT2D eigenvalue weighted by Gasteiger charge is -2.32. The molecule has 1 fully saturated rings. The SMILES string of the molecule is CCC1CCC(C)N1c1ccc(F)cc1CNC. The molecule has 1 saturated heterocycles. The number of hydrogen-bond acceptors (Lipinski definition) is 2. The summed E-state index contributed by atoms with van der Waals surface area (Å²) in [6.45, 7) is 5.21. The van der Waals surface area contributed by atoms with Crippen molar-refractivity contribution in [3.8, 4) is 0 Å². The van der Waals surface area contributed by atoms with Crippen LogP contribution in [0, 0.1) is 5.82 Å². The molecule has 0 bridgehead atoms. The summed E-state index contributed by atoms with van der Waals surface area (Å²) in [7, 11) is 1.90. The van der Waals surface area contributed by atoms with Gasteiger partial charge in [-0.15, -0.1) is 0 Å². The monoisotopic (exact) mass is 250 g/mol. The van der Waals surface area contributed by atoms with Crippen LogP contribution < -0.4 is 10.2 Å². The molecule has 18 heavy (non-hydrogen) atoms. The molecule has 0 aliphatic carbocycles.